The maximum absolute atomic E-state index is 12.9. The van der Waals surface area contributed by atoms with E-state index < -0.39 is 12.1 Å². The first-order valence-electron chi connectivity index (χ1n) is 8.12. The van der Waals surface area contributed by atoms with Crippen molar-refractivity contribution < 1.29 is 22.8 Å². The van der Waals surface area contributed by atoms with Gasteiger partial charge in [0.15, 0.2) is 0 Å². The largest absolute Gasteiger partial charge is 0.393 e. The molecule has 2 aliphatic heterocycles. The summed E-state index contributed by atoms with van der Waals surface area (Å²) in [5.41, 5.74) is 1.08. The molecule has 0 saturated carbocycles. The Hall–Kier alpha value is -2.05. The number of carbonyl (C=O) groups is 2. The molecule has 2 heterocycles. The second-order valence-electron chi connectivity index (χ2n) is 6.33. The molecule has 0 N–H and O–H groups in total. The maximum Gasteiger partial charge on any atom is 0.393 e. The number of halogens is 3. The second-order valence-corrected chi connectivity index (χ2v) is 6.33. The second kappa shape index (κ2) is 6.45. The van der Waals surface area contributed by atoms with Crippen molar-refractivity contribution in [2.75, 3.05) is 24.5 Å². The van der Waals surface area contributed by atoms with E-state index in [2.05, 4.69) is 0 Å². The van der Waals surface area contributed by atoms with Crippen molar-refractivity contribution >= 4 is 17.5 Å². The molecule has 1 aromatic carbocycles. The van der Waals surface area contributed by atoms with Crippen LogP contribution >= 0.6 is 0 Å². The van der Waals surface area contributed by atoms with Gasteiger partial charge in [0.05, 0.1) is 5.92 Å². The molecule has 0 unspecified atom stereocenters. The number of rotatable bonds is 2. The summed E-state index contributed by atoms with van der Waals surface area (Å²) < 4.78 is 38.6. The Morgan fingerprint density at radius 3 is 2.38 bits per heavy atom. The van der Waals surface area contributed by atoms with Crippen molar-refractivity contribution in [3.63, 3.8) is 0 Å². The molecule has 1 atom stereocenters. The highest BCUT2D eigenvalue weighted by Gasteiger charge is 2.42. The van der Waals surface area contributed by atoms with E-state index in [1.54, 1.807) is 29.2 Å². The average Bonchev–Trinajstić information content (AvgIpc) is 3.00. The number of carbonyl (C=O) groups excluding carboxylic acids is 2. The molecule has 0 aromatic heterocycles. The number of amides is 2. The molecule has 4 nitrogen and oxygen atoms in total. The summed E-state index contributed by atoms with van der Waals surface area (Å²) in [6.07, 6.45) is -2.50. The van der Waals surface area contributed by atoms with Crippen molar-refractivity contribution in [2.45, 2.75) is 31.9 Å². The Morgan fingerprint density at radius 1 is 1.08 bits per heavy atom. The number of alkyl halides is 3. The Balaban J connectivity index is 1.70. The van der Waals surface area contributed by atoms with Crippen molar-refractivity contribution in [1.82, 2.24) is 4.90 Å². The fourth-order valence-electron chi connectivity index (χ4n) is 3.32. The van der Waals surface area contributed by atoms with Gasteiger partial charge in [0.1, 0.15) is 0 Å². The van der Waals surface area contributed by atoms with Crippen molar-refractivity contribution in [2.24, 2.45) is 5.92 Å². The third-order valence-electron chi connectivity index (χ3n) is 4.67. The predicted octanol–water partition coefficient (Wildman–Crippen LogP) is 3.23. The Bertz CT molecular complexity index is 628. The monoisotopic (exact) mass is 340 g/mol. The highest BCUT2D eigenvalue weighted by atomic mass is 19.4. The van der Waals surface area contributed by atoms with Crippen LogP contribution in [0, 0.1) is 5.92 Å². The summed E-state index contributed by atoms with van der Waals surface area (Å²) in [5, 5.41) is 0. The van der Waals surface area contributed by atoms with Crippen LogP contribution in [0.15, 0.2) is 24.3 Å². The lowest BCUT2D eigenvalue weighted by Gasteiger charge is -2.33. The first kappa shape index (κ1) is 16.8. The fraction of sp³-hybridized carbons (Fsp3) is 0.529. The van der Waals surface area contributed by atoms with Crippen LogP contribution in [-0.2, 0) is 4.79 Å². The van der Waals surface area contributed by atoms with Gasteiger partial charge in [0, 0.05) is 37.3 Å². The number of nitrogens with zero attached hydrogens (tertiary/aromatic N) is 2. The zero-order chi connectivity index (χ0) is 17.3. The number of hydrogen-bond acceptors (Lipinski definition) is 2. The highest BCUT2D eigenvalue weighted by Crippen LogP contribution is 2.33. The lowest BCUT2D eigenvalue weighted by atomic mass is 9.97. The average molecular weight is 340 g/mol. The van der Waals surface area contributed by atoms with Crippen LogP contribution in [0.4, 0.5) is 18.9 Å². The van der Waals surface area contributed by atoms with E-state index in [1.165, 1.54) is 4.90 Å². The molecule has 0 spiro atoms. The van der Waals surface area contributed by atoms with E-state index in [9.17, 15) is 22.8 Å². The number of piperidine rings is 1. The molecular formula is C17H19F3N2O2. The normalized spacial score (nSPS) is 22.1. The quantitative estimate of drug-likeness (QED) is 0.829. The lowest BCUT2D eigenvalue weighted by molar-refractivity contribution is -0.184. The third-order valence-corrected chi connectivity index (χ3v) is 4.67. The summed E-state index contributed by atoms with van der Waals surface area (Å²) in [6, 6.07) is 6.53. The van der Waals surface area contributed by atoms with Gasteiger partial charge >= 0.3 is 6.18 Å². The van der Waals surface area contributed by atoms with Gasteiger partial charge < -0.3 is 9.80 Å². The Morgan fingerprint density at radius 2 is 1.79 bits per heavy atom. The predicted molar refractivity (Wildman–Crippen MR) is 82.7 cm³/mol. The molecule has 7 heteroatoms. The molecule has 0 radical (unpaired) electrons. The molecule has 2 saturated heterocycles. The number of benzene rings is 1. The SMILES string of the molecule is O=C(c1ccc(N2CCCC2=O)cc1)N1CCC[C@H](C(F)(F)F)C1. The van der Waals surface area contributed by atoms with Crippen molar-refractivity contribution in [1.29, 1.82) is 0 Å². The van der Waals surface area contributed by atoms with Crippen molar-refractivity contribution in [3.8, 4) is 0 Å². The first-order valence-corrected chi connectivity index (χ1v) is 8.12. The summed E-state index contributed by atoms with van der Waals surface area (Å²) in [6.45, 7) is 0.720. The molecule has 1 aromatic rings. The molecule has 24 heavy (non-hydrogen) atoms. The first-order chi connectivity index (χ1) is 11.4. The third kappa shape index (κ3) is 3.39. The van der Waals surface area contributed by atoms with E-state index in [1.807, 2.05) is 0 Å². The molecule has 0 bridgehead atoms. The van der Waals surface area contributed by atoms with Gasteiger partial charge in [-0.1, -0.05) is 0 Å². The molecule has 2 fully saturated rings. The van der Waals surface area contributed by atoms with Crippen molar-refractivity contribution in [3.05, 3.63) is 29.8 Å². The standard InChI is InChI=1S/C17H19F3N2O2/c18-17(19,20)13-3-1-9-21(11-13)16(24)12-5-7-14(8-6-12)22-10-2-4-15(22)23/h5-8,13H,1-4,9-11H2/t13-/m0/s1. The van der Waals surface area contributed by atoms with Gasteiger partial charge in [0.25, 0.3) is 5.91 Å². The number of hydrogen-bond donors (Lipinski definition) is 0. The van der Waals surface area contributed by atoms with Gasteiger partial charge in [-0.2, -0.15) is 13.2 Å². The van der Waals surface area contributed by atoms with Crippen LogP contribution < -0.4 is 4.90 Å². The Labute approximate surface area is 138 Å². The minimum absolute atomic E-state index is 0.0538. The number of anilines is 1. The van der Waals surface area contributed by atoms with Gasteiger partial charge in [-0.3, -0.25) is 9.59 Å². The van der Waals surface area contributed by atoms with Crippen LogP contribution in [-0.4, -0.2) is 42.5 Å². The lowest BCUT2D eigenvalue weighted by Crippen LogP contribution is -2.44. The summed E-state index contributed by atoms with van der Waals surface area (Å²) in [7, 11) is 0. The molecule has 0 aliphatic carbocycles. The fourth-order valence-corrected chi connectivity index (χ4v) is 3.32. The van der Waals surface area contributed by atoms with Gasteiger partial charge in [0.2, 0.25) is 5.91 Å². The van der Waals surface area contributed by atoms with Crippen LogP contribution in [0.5, 0.6) is 0 Å². The van der Waals surface area contributed by atoms with E-state index in [0.29, 0.717) is 31.5 Å². The Kier molecular flexibility index (Phi) is 4.51. The summed E-state index contributed by atoms with van der Waals surface area (Å²) >= 11 is 0. The van der Waals surface area contributed by atoms with Gasteiger partial charge in [-0.05, 0) is 43.5 Å². The van der Waals surface area contributed by atoms with Gasteiger partial charge in [-0.15, -0.1) is 0 Å². The van der Waals surface area contributed by atoms with E-state index in [0.717, 1.165) is 12.1 Å². The topological polar surface area (TPSA) is 40.6 Å². The minimum atomic E-state index is -4.26. The van der Waals surface area contributed by atoms with E-state index in [4.69, 9.17) is 0 Å². The summed E-state index contributed by atoms with van der Waals surface area (Å²) in [5.74, 6) is -1.78. The molecule has 130 valence electrons. The van der Waals surface area contributed by atoms with E-state index >= 15 is 0 Å². The molecule has 2 amide bonds. The highest BCUT2D eigenvalue weighted by molar-refractivity contribution is 5.97. The zero-order valence-corrected chi connectivity index (χ0v) is 13.2. The van der Waals surface area contributed by atoms with Gasteiger partial charge in [-0.25, -0.2) is 0 Å². The zero-order valence-electron chi connectivity index (χ0n) is 13.2. The molecule has 2 aliphatic rings. The molecular weight excluding hydrogens is 321 g/mol. The maximum atomic E-state index is 12.9. The van der Waals surface area contributed by atoms with Crippen LogP contribution in [0.25, 0.3) is 0 Å². The minimum Gasteiger partial charge on any atom is -0.338 e. The van der Waals surface area contributed by atoms with Crippen LogP contribution in [0.1, 0.15) is 36.0 Å². The van der Waals surface area contributed by atoms with E-state index in [-0.39, 0.29) is 24.8 Å². The number of likely N-dealkylation sites (tertiary alicyclic amines) is 1. The summed E-state index contributed by atoms with van der Waals surface area (Å²) in [4.78, 5) is 27.1. The molecule has 3 rings (SSSR count). The van der Waals surface area contributed by atoms with Crippen LogP contribution in [0.3, 0.4) is 0 Å². The van der Waals surface area contributed by atoms with Crippen LogP contribution in [0.2, 0.25) is 0 Å². The smallest absolute Gasteiger partial charge is 0.338 e.